The summed E-state index contributed by atoms with van der Waals surface area (Å²) in [6.45, 7) is 1.46. The fourth-order valence-electron chi connectivity index (χ4n) is 1.82. The lowest BCUT2D eigenvalue weighted by Gasteiger charge is -2.17. The van der Waals surface area contributed by atoms with Crippen molar-refractivity contribution in [3.63, 3.8) is 0 Å². The molecule has 0 amide bonds. The lowest BCUT2D eigenvalue weighted by atomic mass is 10.2. The second kappa shape index (κ2) is 7.26. The number of aliphatic hydroxyl groups is 1. The number of hydrogen-bond donors (Lipinski definition) is 2. The molecule has 0 atom stereocenters. The summed E-state index contributed by atoms with van der Waals surface area (Å²) in [5, 5.41) is 12.2. The first-order valence-electron chi connectivity index (χ1n) is 6.46. The summed E-state index contributed by atoms with van der Waals surface area (Å²) in [7, 11) is 1.93. The normalized spacial score (nSPS) is 10.3. The highest BCUT2D eigenvalue weighted by atomic mass is 79.9. The minimum Gasteiger partial charge on any atom is -0.395 e. The summed E-state index contributed by atoms with van der Waals surface area (Å²) in [6, 6.07) is 12.0. The Kier molecular flexibility index (Phi) is 5.38. The number of rotatable bonds is 6. The molecular formula is C15H18BrN3O. The summed E-state index contributed by atoms with van der Waals surface area (Å²) in [4.78, 5) is 6.34. The SMILES string of the molecule is CN(CCO)c1ccc(NCc2ccccc2Br)nc1. The van der Waals surface area contributed by atoms with Crippen LogP contribution in [0.25, 0.3) is 0 Å². The van der Waals surface area contributed by atoms with Gasteiger partial charge in [-0.2, -0.15) is 0 Å². The molecule has 0 bridgehead atoms. The summed E-state index contributed by atoms with van der Waals surface area (Å²) in [5.74, 6) is 0.835. The molecule has 0 spiro atoms. The molecule has 1 aromatic carbocycles. The first-order chi connectivity index (χ1) is 9.70. The molecule has 0 saturated carbocycles. The molecule has 2 N–H and O–H groups in total. The topological polar surface area (TPSA) is 48.4 Å². The average molecular weight is 336 g/mol. The van der Waals surface area contributed by atoms with Gasteiger partial charge in [-0.15, -0.1) is 0 Å². The molecule has 0 saturated heterocycles. The second-order valence-electron chi connectivity index (χ2n) is 4.49. The van der Waals surface area contributed by atoms with Gasteiger partial charge in [0.2, 0.25) is 0 Å². The smallest absolute Gasteiger partial charge is 0.126 e. The van der Waals surface area contributed by atoms with E-state index in [1.165, 1.54) is 5.56 Å². The molecule has 0 fully saturated rings. The number of anilines is 2. The third-order valence-corrected chi connectivity index (χ3v) is 3.82. The predicted molar refractivity (Wildman–Crippen MR) is 86.1 cm³/mol. The van der Waals surface area contributed by atoms with E-state index in [-0.39, 0.29) is 6.61 Å². The van der Waals surface area contributed by atoms with Gasteiger partial charge in [-0.25, -0.2) is 4.98 Å². The van der Waals surface area contributed by atoms with Crippen LogP contribution in [0.15, 0.2) is 47.1 Å². The van der Waals surface area contributed by atoms with Crippen LogP contribution in [0, 0.1) is 0 Å². The number of aromatic nitrogens is 1. The Hall–Kier alpha value is -1.59. The van der Waals surface area contributed by atoms with Crippen LogP contribution in [-0.2, 0) is 6.54 Å². The molecule has 2 rings (SSSR count). The van der Waals surface area contributed by atoms with E-state index >= 15 is 0 Å². The standard InChI is InChI=1S/C15H18BrN3O/c1-19(8-9-20)13-6-7-15(18-11-13)17-10-12-4-2-3-5-14(12)16/h2-7,11,20H,8-10H2,1H3,(H,17,18). The first-order valence-corrected chi connectivity index (χ1v) is 7.25. The van der Waals surface area contributed by atoms with E-state index in [9.17, 15) is 0 Å². The van der Waals surface area contributed by atoms with Gasteiger partial charge in [0, 0.05) is 24.6 Å². The van der Waals surface area contributed by atoms with Gasteiger partial charge >= 0.3 is 0 Å². The second-order valence-corrected chi connectivity index (χ2v) is 5.35. The summed E-state index contributed by atoms with van der Waals surface area (Å²) >= 11 is 3.53. The van der Waals surface area contributed by atoms with Crippen LogP contribution in [0.2, 0.25) is 0 Å². The third-order valence-electron chi connectivity index (χ3n) is 3.04. The Morgan fingerprint density at radius 3 is 2.70 bits per heavy atom. The van der Waals surface area contributed by atoms with Gasteiger partial charge < -0.3 is 15.3 Å². The number of likely N-dealkylation sites (N-methyl/N-ethyl adjacent to an activating group) is 1. The molecule has 0 aliphatic heterocycles. The Balaban J connectivity index is 1.96. The monoisotopic (exact) mass is 335 g/mol. The van der Waals surface area contributed by atoms with Crippen LogP contribution in [0.3, 0.4) is 0 Å². The van der Waals surface area contributed by atoms with Gasteiger partial charge in [0.15, 0.2) is 0 Å². The van der Waals surface area contributed by atoms with Crippen LogP contribution in [-0.4, -0.2) is 30.3 Å². The van der Waals surface area contributed by atoms with Crippen LogP contribution in [0.4, 0.5) is 11.5 Å². The zero-order valence-corrected chi connectivity index (χ0v) is 13.0. The van der Waals surface area contributed by atoms with Crippen LogP contribution < -0.4 is 10.2 Å². The van der Waals surface area contributed by atoms with Crippen molar-refractivity contribution in [3.05, 3.63) is 52.6 Å². The summed E-state index contributed by atoms with van der Waals surface area (Å²) < 4.78 is 1.09. The lowest BCUT2D eigenvalue weighted by Crippen LogP contribution is -2.21. The molecule has 0 radical (unpaired) electrons. The minimum absolute atomic E-state index is 0.137. The van der Waals surface area contributed by atoms with Crippen molar-refractivity contribution >= 4 is 27.4 Å². The van der Waals surface area contributed by atoms with Crippen molar-refractivity contribution in [3.8, 4) is 0 Å². The maximum Gasteiger partial charge on any atom is 0.126 e. The van der Waals surface area contributed by atoms with Gasteiger partial charge in [-0.1, -0.05) is 34.1 Å². The van der Waals surface area contributed by atoms with Crippen LogP contribution in [0.5, 0.6) is 0 Å². The largest absolute Gasteiger partial charge is 0.395 e. The molecule has 20 heavy (non-hydrogen) atoms. The minimum atomic E-state index is 0.137. The zero-order chi connectivity index (χ0) is 14.4. The van der Waals surface area contributed by atoms with E-state index in [4.69, 9.17) is 5.11 Å². The molecule has 4 nitrogen and oxygen atoms in total. The highest BCUT2D eigenvalue weighted by Crippen LogP contribution is 2.18. The van der Waals surface area contributed by atoms with Crippen molar-refractivity contribution in [2.24, 2.45) is 0 Å². The van der Waals surface area contributed by atoms with Gasteiger partial charge in [0.1, 0.15) is 5.82 Å². The molecule has 1 heterocycles. The lowest BCUT2D eigenvalue weighted by molar-refractivity contribution is 0.304. The number of benzene rings is 1. The summed E-state index contributed by atoms with van der Waals surface area (Å²) in [6.07, 6.45) is 1.80. The van der Waals surface area contributed by atoms with Crippen molar-refractivity contribution in [2.75, 3.05) is 30.4 Å². The van der Waals surface area contributed by atoms with Gasteiger partial charge in [0.25, 0.3) is 0 Å². The quantitative estimate of drug-likeness (QED) is 0.852. The third kappa shape index (κ3) is 3.95. The Bertz CT molecular complexity index is 545. The molecule has 1 aromatic heterocycles. The van der Waals surface area contributed by atoms with Gasteiger partial charge in [-0.05, 0) is 23.8 Å². The van der Waals surface area contributed by atoms with Gasteiger partial charge in [0.05, 0.1) is 18.5 Å². The van der Waals surface area contributed by atoms with Crippen molar-refractivity contribution in [1.29, 1.82) is 0 Å². The number of halogens is 1. The van der Waals surface area contributed by atoms with Gasteiger partial charge in [-0.3, -0.25) is 0 Å². The van der Waals surface area contributed by atoms with E-state index < -0.39 is 0 Å². The number of pyridine rings is 1. The maximum atomic E-state index is 8.91. The fraction of sp³-hybridized carbons (Fsp3) is 0.267. The molecular weight excluding hydrogens is 318 g/mol. The average Bonchev–Trinajstić information content (AvgIpc) is 2.47. The number of hydrogen-bond acceptors (Lipinski definition) is 4. The molecule has 106 valence electrons. The van der Waals surface area contributed by atoms with Crippen LogP contribution in [0.1, 0.15) is 5.56 Å². The molecule has 5 heteroatoms. The van der Waals surface area contributed by atoms with Crippen molar-refractivity contribution in [2.45, 2.75) is 6.54 Å². The molecule has 0 aliphatic rings. The van der Waals surface area contributed by atoms with E-state index in [2.05, 4.69) is 32.3 Å². The number of nitrogens with zero attached hydrogens (tertiary/aromatic N) is 2. The van der Waals surface area contributed by atoms with Crippen molar-refractivity contribution in [1.82, 2.24) is 4.98 Å². The van der Waals surface area contributed by atoms with Crippen LogP contribution >= 0.6 is 15.9 Å². The highest BCUT2D eigenvalue weighted by Gasteiger charge is 2.02. The first kappa shape index (κ1) is 14.8. The van der Waals surface area contributed by atoms with E-state index in [0.717, 1.165) is 22.5 Å². The summed E-state index contributed by atoms with van der Waals surface area (Å²) in [5.41, 5.74) is 2.18. The Morgan fingerprint density at radius 2 is 2.05 bits per heavy atom. The van der Waals surface area contributed by atoms with E-state index in [1.807, 2.05) is 42.3 Å². The van der Waals surface area contributed by atoms with E-state index in [1.54, 1.807) is 6.20 Å². The zero-order valence-electron chi connectivity index (χ0n) is 11.4. The van der Waals surface area contributed by atoms with E-state index in [0.29, 0.717) is 6.54 Å². The predicted octanol–water partition coefficient (Wildman–Crippen LogP) is 2.88. The maximum absolute atomic E-state index is 8.91. The molecule has 0 aliphatic carbocycles. The Morgan fingerprint density at radius 1 is 1.25 bits per heavy atom. The van der Waals surface area contributed by atoms with Crippen molar-refractivity contribution < 1.29 is 5.11 Å². The molecule has 0 unspecified atom stereocenters. The Labute approximate surface area is 127 Å². The highest BCUT2D eigenvalue weighted by molar-refractivity contribution is 9.10. The number of nitrogens with one attached hydrogen (secondary N) is 1. The fourth-order valence-corrected chi connectivity index (χ4v) is 2.25. The number of aliphatic hydroxyl groups excluding tert-OH is 1. The molecule has 2 aromatic rings.